The molecule has 110 valence electrons. The number of amides is 1. The lowest BCUT2D eigenvalue weighted by atomic mass is 10.2. The van der Waals surface area contributed by atoms with Crippen molar-refractivity contribution in [2.45, 2.75) is 32.2 Å². The zero-order valence-electron chi connectivity index (χ0n) is 12.2. The van der Waals surface area contributed by atoms with E-state index < -0.39 is 0 Å². The fourth-order valence-electron chi connectivity index (χ4n) is 2.61. The molecule has 1 amide bonds. The third-order valence-corrected chi connectivity index (χ3v) is 3.81. The van der Waals surface area contributed by atoms with Gasteiger partial charge in [0.1, 0.15) is 5.75 Å². The van der Waals surface area contributed by atoms with Gasteiger partial charge in [0.05, 0.1) is 12.8 Å². The molecule has 1 aromatic rings. The van der Waals surface area contributed by atoms with Gasteiger partial charge in [-0.2, -0.15) is 0 Å². The highest BCUT2D eigenvalue weighted by atomic mass is 16.5. The Bertz CT molecular complexity index is 476. The van der Waals surface area contributed by atoms with E-state index in [1.165, 1.54) is 12.8 Å². The average Bonchev–Trinajstić information content (AvgIpc) is 2.82. The van der Waals surface area contributed by atoms with E-state index in [0.29, 0.717) is 29.6 Å². The second-order valence-electron chi connectivity index (χ2n) is 5.29. The quantitative estimate of drug-likeness (QED) is 0.809. The molecule has 1 fully saturated rings. The Labute approximate surface area is 120 Å². The Morgan fingerprint density at radius 3 is 3.00 bits per heavy atom. The molecule has 1 atom stereocenters. The van der Waals surface area contributed by atoms with Crippen LogP contribution in [0.5, 0.6) is 5.75 Å². The van der Waals surface area contributed by atoms with Crippen molar-refractivity contribution in [2.24, 2.45) is 0 Å². The summed E-state index contributed by atoms with van der Waals surface area (Å²) < 4.78 is 5.22. The number of likely N-dealkylation sites (tertiary alicyclic amines) is 1. The van der Waals surface area contributed by atoms with Crippen molar-refractivity contribution in [3.05, 3.63) is 18.2 Å². The Morgan fingerprint density at radius 1 is 1.55 bits per heavy atom. The molecule has 20 heavy (non-hydrogen) atoms. The Kier molecular flexibility index (Phi) is 4.84. The van der Waals surface area contributed by atoms with Crippen LogP contribution in [0.3, 0.4) is 0 Å². The van der Waals surface area contributed by atoms with E-state index in [1.807, 2.05) is 0 Å². The first-order chi connectivity index (χ1) is 9.60. The number of nitrogens with two attached hydrogens (primary N) is 1. The van der Waals surface area contributed by atoms with Crippen molar-refractivity contribution in [2.75, 3.05) is 31.2 Å². The Morgan fingerprint density at radius 2 is 2.35 bits per heavy atom. The fraction of sp³-hybridized carbons (Fsp3) is 0.533. The smallest absolute Gasteiger partial charge is 0.225 e. The highest BCUT2D eigenvalue weighted by molar-refractivity contribution is 5.93. The van der Waals surface area contributed by atoms with Crippen LogP contribution in [0.4, 0.5) is 11.4 Å². The predicted molar refractivity (Wildman–Crippen MR) is 80.9 cm³/mol. The van der Waals surface area contributed by atoms with E-state index in [1.54, 1.807) is 25.3 Å². The number of hydrogen-bond acceptors (Lipinski definition) is 4. The molecule has 0 spiro atoms. The van der Waals surface area contributed by atoms with Gasteiger partial charge in [0.25, 0.3) is 0 Å². The van der Waals surface area contributed by atoms with Gasteiger partial charge in [-0.15, -0.1) is 0 Å². The van der Waals surface area contributed by atoms with Crippen molar-refractivity contribution < 1.29 is 9.53 Å². The largest absolute Gasteiger partial charge is 0.495 e. The maximum absolute atomic E-state index is 12.0. The maximum atomic E-state index is 12.0. The standard InChI is InChI=1S/C15H23N3O2/c1-11-4-3-8-18(11)9-7-15(19)17-13-10-12(16)5-6-14(13)20-2/h5-6,10-11H,3-4,7-9,16H2,1-2H3,(H,17,19). The third-order valence-electron chi connectivity index (χ3n) is 3.81. The van der Waals surface area contributed by atoms with E-state index >= 15 is 0 Å². The van der Waals surface area contributed by atoms with E-state index in [9.17, 15) is 4.79 Å². The second-order valence-corrected chi connectivity index (χ2v) is 5.29. The van der Waals surface area contributed by atoms with Gasteiger partial charge >= 0.3 is 0 Å². The van der Waals surface area contributed by atoms with Gasteiger partial charge in [0.15, 0.2) is 0 Å². The lowest BCUT2D eigenvalue weighted by Gasteiger charge is -2.20. The maximum Gasteiger partial charge on any atom is 0.225 e. The molecule has 1 heterocycles. The molecule has 0 aromatic heterocycles. The highest BCUT2D eigenvalue weighted by Gasteiger charge is 2.20. The summed E-state index contributed by atoms with van der Waals surface area (Å²) >= 11 is 0. The highest BCUT2D eigenvalue weighted by Crippen LogP contribution is 2.26. The van der Waals surface area contributed by atoms with Gasteiger partial charge in [-0.25, -0.2) is 0 Å². The zero-order chi connectivity index (χ0) is 14.5. The molecule has 1 aliphatic heterocycles. The Hall–Kier alpha value is -1.75. The van der Waals surface area contributed by atoms with Crippen molar-refractivity contribution >= 4 is 17.3 Å². The number of hydrogen-bond donors (Lipinski definition) is 2. The van der Waals surface area contributed by atoms with E-state index in [-0.39, 0.29) is 5.91 Å². The number of ether oxygens (including phenoxy) is 1. The van der Waals surface area contributed by atoms with Crippen molar-refractivity contribution in [1.29, 1.82) is 0 Å². The minimum atomic E-state index is -0.00648. The number of methoxy groups -OCH3 is 1. The summed E-state index contributed by atoms with van der Waals surface area (Å²) in [6.07, 6.45) is 2.94. The minimum Gasteiger partial charge on any atom is -0.495 e. The number of carbonyl (C=O) groups is 1. The number of benzene rings is 1. The minimum absolute atomic E-state index is 0.00648. The molecule has 1 saturated heterocycles. The molecule has 1 unspecified atom stereocenters. The first-order valence-corrected chi connectivity index (χ1v) is 7.07. The zero-order valence-corrected chi connectivity index (χ0v) is 12.2. The first-order valence-electron chi connectivity index (χ1n) is 7.07. The monoisotopic (exact) mass is 277 g/mol. The SMILES string of the molecule is COc1ccc(N)cc1NC(=O)CCN1CCCC1C. The van der Waals surface area contributed by atoms with Crippen molar-refractivity contribution in [3.63, 3.8) is 0 Å². The summed E-state index contributed by atoms with van der Waals surface area (Å²) in [6.45, 7) is 4.11. The predicted octanol–water partition coefficient (Wildman–Crippen LogP) is 2.09. The number of nitrogens with one attached hydrogen (secondary N) is 1. The molecular weight excluding hydrogens is 254 g/mol. The molecule has 0 aliphatic carbocycles. The molecule has 1 aliphatic rings. The summed E-state index contributed by atoms with van der Waals surface area (Å²) in [4.78, 5) is 14.4. The van der Waals surface area contributed by atoms with Crippen LogP contribution in [0.1, 0.15) is 26.2 Å². The van der Waals surface area contributed by atoms with E-state index in [4.69, 9.17) is 10.5 Å². The molecule has 1 aromatic carbocycles. The van der Waals surface area contributed by atoms with Gasteiger partial charge in [0.2, 0.25) is 5.91 Å². The van der Waals surface area contributed by atoms with Crippen LogP contribution in [0, 0.1) is 0 Å². The normalized spacial score (nSPS) is 19.0. The number of nitrogens with zero attached hydrogens (tertiary/aromatic N) is 1. The summed E-state index contributed by atoms with van der Waals surface area (Å²) in [7, 11) is 1.58. The number of nitrogen functional groups attached to an aromatic ring is 1. The van der Waals surface area contributed by atoms with Gasteiger partial charge in [-0.05, 0) is 44.5 Å². The molecule has 5 heteroatoms. The van der Waals surface area contributed by atoms with Gasteiger partial charge in [-0.3, -0.25) is 4.79 Å². The number of carbonyl (C=O) groups excluding carboxylic acids is 1. The van der Waals surface area contributed by atoms with Gasteiger partial charge in [-0.1, -0.05) is 0 Å². The molecular formula is C15H23N3O2. The molecule has 5 nitrogen and oxygen atoms in total. The van der Waals surface area contributed by atoms with Crippen molar-refractivity contribution in [1.82, 2.24) is 4.90 Å². The van der Waals surface area contributed by atoms with Crippen LogP contribution >= 0.6 is 0 Å². The number of anilines is 2. The van der Waals surface area contributed by atoms with Gasteiger partial charge in [0, 0.05) is 24.7 Å². The Balaban J connectivity index is 1.89. The number of rotatable bonds is 5. The van der Waals surface area contributed by atoms with Crippen LogP contribution < -0.4 is 15.8 Å². The van der Waals surface area contributed by atoms with Gasteiger partial charge < -0.3 is 20.7 Å². The topological polar surface area (TPSA) is 67.6 Å². The molecule has 0 bridgehead atoms. The molecule has 3 N–H and O–H groups in total. The summed E-state index contributed by atoms with van der Waals surface area (Å²) in [5.74, 6) is 0.620. The second kappa shape index (κ2) is 6.61. The third kappa shape index (κ3) is 3.63. The van der Waals surface area contributed by atoms with Crippen molar-refractivity contribution in [3.8, 4) is 5.75 Å². The van der Waals surface area contributed by atoms with Crippen LogP contribution in [-0.4, -0.2) is 37.0 Å². The van der Waals surface area contributed by atoms with E-state index in [0.717, 1.165) is 13.1 Å². The average molecular weight is 277 g/mol. The van der Waals surface area contributed by atoms with Crippen LogP contribution in [0.15, 0.2) is 18.2 Å². The van der Waals surface area contributed by atoms with Crippen LogP contribution in [0.25, 0.3) is 0 Å². The first kappa shape index (κ1) is 14.7. The summed E-state index contributed by atoms with van der Waals surface area (Å²) in [5, 5.41) is 2.87. The molecule has 0 saturated carbocycles. The fourth-order valence-corrected chi connectivity index (χ4v) is 2.61. The molecule has 2 rings (SSSR count). The summed E-state index contributed by atoms with van der Waals surface area (Å²) in [6, 6.07) is 5.81. The molecule has 0 radical (unpaired) electrons. The van der Waals surface area contributed by atoms with Crippen LogP contribution in [0.2, 0.25) is 0 Å². The van der Waals surface area contributed by atoms with Crippen LogP contribution in [-0.2, 0) is 4.79 Å². The lowest BCUT2D eigenvalue weighted by molar-refractivity contribution is -0.116. The van der Waals surface area contributed by atoms with E-state index in [2.05, 4.69) is 17.1 Å². The lowest BCUT2D eigenvalue weighted by Crippen LogP contribution is -2.30. The summed E-state index contributed by atoms with van der Waals surface area (Å²) in [5.41, 5.74) is 6.97.